The molecule has 0 saturated heterocycles. The first-order valence-corrected chi connectivity index (χ1v) is 7.22. The Kier molecular flexibility index (Phi) is 5.36. The van der Waals surface area contributed by atoms with Crippen LogP contribution in [0.5, 0.6) is 0 Å². The van der Waals surface area contributed by atoms with Gasteiger partial charge in [0.2, 0.25) is 0 Å². The van der Waals surface area contributed by atoms with Crippen LogP contribution in [0.3, 0.4) is 0 Å². The van der Waals surface area contributed by atoms with Gasteiger partial charge in [0, 0.05) is 11.8 Å². The van der Waals surface area contributed by atoms with Crippen molar-refractivity contribution in [2.24, 2.45) is 0 Å². The maximum absolute atomic E-state index is 11.9. The fourth-order valence-electron chi connectivity index (χ4n) is 2.27. The molecule has 0 radical (unpaired) electrons. The second-order valence-electron chi connectivity index (χ2n) is 5.28. The van der Waals surface area contributed by atoms with Crippen LogP contribution in [0.4, 0.5) is 5.69 Å². The summed E-state index contributed by atoms with van der Waals surface area (Å²) in [6.07, 6.45) is 4.20. The van der Waals surface area contributed by atoms with E-state index in [1.807, 2.05) is 32.9 Å². The van der Waals surface area contributed by atoms with Crippen molar-refractivity contribution in [2.75, 3.05) is 11.9 Å². The Balaban J connectivity index is 1.87. The molecule has 0 aliphatic heterocycles. The average Bonchev–Trinajstić information content (AvgIpc) is 3.00. The molecule has 0 fully saturated rings. The van der Waals surface area contributed by atoms with Crippen LogP contribution in [0.15, 0.2) is 41.0 Å². The molecular formula is C18H19NO4. The lowest BCUT2D eigenvalue weighted by atomic mass is 10.1. The molecule has 1 aromatic heterocycles. The summed E-state index contributed by atoms with van der Waals surface area (Å²) < 4.78 is 9.95. The van der Waals surface area contributed by atoms with Gasteiger partial charge in [0.15, 0.2) is 6.61 Å². The van der Waals surface area contributed by atoms with E-state index in [2.05, 4.69) is 5.32 Å². The largest absolute Gasteiger partial charge is 0.465 e. The van der Waals surface area contributed by atoms with Crippen molar-refractivity contribution in [3.63, 3.8) is 0 Å². The van der Waals surface area contributed by atoms with E-state index in [9.17, 15) is 9.59 Å². The number of hydrogen-bond donors (Lipinski definition) is 1. The van der Waals surface area contributed by atoms with E-state index < -0.39 is 5.97 Å². The Hall–Kier alpha value is -2.82. The Labute approximate surface area is 134 Å². The summed E-state index contributed by atoms with van der Waals surface area (Å²) in [5.74, 6) is -0.439. The number of carbonyl (C=O) groups excluding carboxylic acids is 2. The summed E-state index contributed by atoms with van der Waals surface area (Å²) in [7, 11) is 0. The normalized spacial score (nSPS) is 10.7. The van der Waals surface area contributed by atoms with Gasteiger partial charge in [-0.05, 0) is 50.1 Å². The smallest absolute Gasteiger partial charge is 0.331 e. The minimum absolute atomic E-state index is 0.339. The van der Waals surface area contributed by atoms with Gasteiger partial charge in [-0.2, -0.15) is 0 Å². The highest BCUT2D eigenvalue weighted by Gasteiger charge is 2.10. The molecule has 0 aliphatic carbocycles. The molecule has 0 atom stereocenters. The molecular weight excluding hydrogens is 294 g/mol. The van der Waals surface area contributed by atoms with Crippen LogP contribution in [0, 0.1) is 20.8 Å². The number of aryl methyl sites for hydroxylation is 3. The quantitative estimate of drug-likeness (QED) is 0.678. The minimum Gasteiger partial charge on any atom is -0.465 e. The lowest BCUT2D eigenvalue weighted by Crippen LogP contribution is -2.21. The number of benzene rings is 1. The second kappa shape index (κ2) is 7.45. The molecule has 5 nitrogen and oxygen atoms in total. The van der Waals surface area contributed by atoms with Crippen molar-refractivity contribution < 1.29 is 18.7 Å². The van der Waals surface area contributed by atoms with Gasteiger partial charge in [-0.15, -0.1) is 0 Å². The van der Waals surface area contributed by atoms with Crippen LogP contribution in [-0.4, -0.2) is 18.5 Å². The standard InChI is InChI=1S/C18H19NO4/c1-12-9-13(2)18(14(3)10-12)19-16(20)11-23-17(21)7-6-15-5-4-8-22-15/h4-10H,11H2,1-3H3,(H,19,20)/b7-6+. The summed E-state index contributed by atoms with van der Waals surface area (Å²) in [5.41, 5.74) is 3.83. The van der Waals surface area contributed by atoms with Crippen molar-refractivity contribution >= 4 is 23.6 Å². The van der Waals surface area contributed by atoms with Gasteiger partial charge in [0.25, 0.3) is 5.91 Å². The molecule has 0 aliphatic rings. The summed E-state index contributed by atoms with van der Waals surface area (Å²) in [6.45, 7) is 5.51. The highest BCUT2D eigenvalue weighted by Crippen LogP contribution is 2.21. The lowest BCUT2D eigenvalue weighted by Gasteiger charge is -2.12. The lowest BCUT2D eigenvalue weighted by molar-refractivity contribution is -0.142. The topological polar surface area (TPSA) is 68.5 Å². The van der Waals surface area contributed by atoms with Crippen LogP contribution in [0.25, 0.3) is 6.08 Å². The van der Waals surface area contributed by atoms with Crippen molar-refractivity contribution in [2.45, 2.75) is 20.8 Å². The average molecular weight is 313 g/mol. The Morgan fingerprint density at radius 1 is 1.22 bits per heavy atom. The predicted octanol–water partition coefficient (Wildman–Crippen LogP) is 3.40. The number of rotatable bonds is 5. The van der Waals surface area contributed by atoms with E-state index in [0.29, 0.717) is 5.76 Å². The molecule has 0 bridgehead atoms. The van der Waals surface area contributed by atoms with Gasteiger partial charge in [0.05, 0.1) is 6.26 Å². The third kappa shape index (κ3) is 4.85. The summed E-state index contributed by atoms with van der Waals surface area (Å²) >= 11 is 0. The molecule has 2 rings (SSSR count). The van der Waals surface area contributed by atoms with Crippen LogP contribution in [0.2, 0.25) is 0 Å². The Morgan fingerprint density at radius 3 is 2.52 bits per heavy atom. The van der Waals surface area contributed by atoms with Crippen LogP contribution in [-0.2, 0) is 14.3 Å². The molecule has 2 aromatic rings. The monoisotopic (exact) mass is 313 g/mol. The van der Waals surface area contributed by atoms with Gasteiger partial charge in [-0.25, -0.2) is 4.79 Å². The number of hydrogen-bond acceptors (Lipinski definition) is 4. The van der Waals surface area contributed by atoms with Gasteiger partial charge < -0.3 is 14.5 Å². The maximum Gasteiger partial charge on any atom is 0.331 e. The molecule has 0 saturated carbocycles. The number of carbonyl (C=O) groups is 2. The van der Waals surface area contributed by atoms with Crippen molar-refractivity contribution in [3.05, 3.63) is 59.1 Å². The van der Waals surface area contributed by atoms with Gasteiger partial charge in [0.1, 0.15) is 5.76 Å². The molecule has 1 amide bonds. The molecule has 120 valence electrons. The summed E-state index contributed by atoms with van der Waals surface area (Å²) in [6, 6.07) is 7.39. The third-order valence-electron chi connectivity index (χ3n) is 3.21. The SMILES string of the molecule is Cc1cc(C)c(NC(=O)COC(=O)/C=C/c2ccco2)c(C)c1. The highest BCUT2D eigenvalue weighted by molar-refractivity contribution is 5.95. The first-order chi connectivity index (χ1) is 11.0. The van der Waals surface area contributed by atoms with E-state index in [1.54, 1.807) is 12.1 Å². The van der Waals surface area contributed by atoms with Crippen LogP contribution in [0.1, 0.15) is 22.5 Å². The van der Waals surface area contributed by atoms with E-state index >= 15 is 0 Å². The first kappa shape index (κ1) is 16.5. The van der Waals surface area contributed by atoms with Crippen LogP contribution >= 0.6 is 0 Å². The molecule has 0 unspecified atom stereocenters. The summed E-state index contributed by atoms with van der Waals surface area (Å²) in [4.78, 5) is 23.5. The van der Waals surface area contributed by atoms with E-state index in [-0.39, 0.29) is 12.5 Å². The summed E-state index contributed by atoms with van der Waals surface area (Å²) in [5, 5.41) is 2.77. The molecule has 0 spiro atoms. The van der Waals surface area contributed by atoms with E-state index in [1.165, 1.54) is 18.4 Å². The first-order valence-electron chi connectivity index (χ1n) is 7.22. The minimum atomic E-state index is -0.603. The van der Waals surface area contributed by atoms with Crippen molar-refractivity contribution in [1.82, 2.24) is 0 Å². The van der Waals surface area contributed by atoms with Gasteiger partial charge in [-0.1, -0.05) is 17.7 Å². The van der Waals surface area contributed by atoms with Gasteiger partial charge in [-0.3, -0.25) is 4.79 Å². The second-order valence-corrected chi connectivity index (χ2v) is 5.28. The zero-order chi connectivity index (χ0) is 16.8. The van der Waals surface area contributed by atoms with Crippen molar-refractivity contribution in [3.8, 4) is 0 Å². The number of furan rings is 1. The fraction of sp³-hybridized carbons (Fsp3) is 0.222. The number of ether oxygens (including phenoxy) is 1. The van der Waals surface area contributed by atoms with Gasteiger partial charge >= 0.3 is 5.97 Å². The van der Waals surface area contributed by atoms with E-state index in [4.69, 9.17) is 9.15 Å². The number of amides is 1. The fourth-order valence-corrected chi connectivity index (χ4v) is 2.27. The number of esters is 1. The van der Waals surface area contributed by atoms with E-state index in [0.717, 1.165) is 22.4 Å². The van der Waals surface area contributed by atoms with Crippen molar-refractivity contribution in [1.29, 1.82) is 0 Å². The zero-order valence-corrected chi connectivity index (χ0v) is 13.4. The Bertz CT molecular complexity index is 706. The number of nitrogens with one attached hydrogen (secondary N) is 1. The predicted molar refractivity (Wildman–Crippen MR) is 88.0 cm³/mol. The molecule has 1 aromatic carbocycles. The molecule has 1 heterocycles. The maximum atomic E-state index is 11.9. The third-order valence-corrected chi connectivity index (χ3v) is 3.21. The van der Waals surface area contributed by atoms with Crippen LogP contribution < -0.4 is 5.32 Å². The molecule has 23 heavy (non-hydrogen) atoms. The Morgan fingerprint density at radius 2 is 1.91 bits per heavy atom. The molecule has 5 heteroatoms. The number of anilines is 1. The highest BCUT2D eigenvalue weighted by atomic mass is 16.5. The molecule has 1 N–H and O–H groups in total. The zero-order valence-electron chi connectivity index (χ0n) is 13.4.